The Labute approximate surface area is 98.5 Å². The van der Waals surface area contributed by atoms with Gasteiger partial charge in [-0.15, -0.1) is 0 Å². The van der Waals surface area contributed by atoms with Crippen molar-refractivity contribution in [3.8, 4) is 0 Å². The number of carbonyl (C=O) groups excluding carboxylic acids is 1. The Bertz CT molecular complexity index is 371. The van der Waals surface area contributed by atoms with Crippen molar-refractivity contribution in [2.45, 2.75) is 13.3 Å². The molecule has 0 spiro atoms. The summed E-state index contributed by atoms with van der Waals surface area (Å²) in [4.78, 5) is 10.9. The van der Waals surface area contributed by atoms with Crippen LogP contribution in [0, 0.1) is 5.82 Å². The first kappa shape index (κ1) is 12.8. The first-order valence-corrected chi connectivity index (χ1v) is 5.36. The minimum Gasteiger partial charge on any atom is -0.450 e. The van der Waals surface area contributed by atoms with E-state index in [2.05, 4.69) is 10.1 Å². The number of hydrogen-bond donors (Lipinski definition) is 1. The summed E-state index contributed by atoms with van der Waals surface area (Å²) in [5.74, 6) is -0.449. The molecular formula is C11H13ClFNO2. The standard InChI is InChI=1S/C11H13ClFNO2/c1-2-16-11(15)14-6-5-8-3-4-9(12)10(13)7-8/h3-4,7H,2,5-6H2,1H3,(H,14,15). The van der Waals surface area contributed by atoms with Crippen LogP contribution in [0.3, 0.4) is 0 Å². The number of alkyl carbamates (subject to hydrolysis) is 1. The molecule has 88 valence electrons. The quantitative estimate of drug-likeness (QED) is 0.886. The van der Waals surface area contributed by atoms with E-state index in [1.807, 2.05) is 0 Å². The number of carbonyl (C=O) groups is 1. The molecule has 0 heterocycles. The maximum atomic E-state index is 13.0. The Balaban J connectivity index is 2.37. The summed E-state index contributed by atoms with van der Waals surface area (Å²) in [6.07, 6.45) is 0.0735. The molecule has 1 aromatic rings. The number of nitrogens with one attached hydrogen (secondary N) is 1. The first-order valence-electron chi connectivity index (χ1n) is 4.98. The van der Waals surface area contributed by atoms with Gasteiger partial charge in [0.1, 0.15) is 5.82 Å². The highest BCUT2D eigenvalue weighted by Crippen LogP contribution is 2.15. The summed E-state index contributed by atoms with van der Waals surface area (Å²) in [7, 11) is 0. The van der Waals surface area contributed by atoms with Crippen LogP contribution >= 0.6 is 11.6 Å². The number of benzene rings is 1. The van der Waals surface area contributed by atoms with Gasteiger partial charge in [0.2, 0.25) is 0 Å². The van der Waals surface area contributed by atoms with E-state index in [1.165, 1.54) is 12.1 Å². The van der Waals surface area contributed by atoms with E-state index in [4.69, 9.17) is 11.6 Å². The van der Waals surface area contributed by atoms with Gasteiger partial charge in [0.25, 0.3) is 0 Å². The molecule has 0 unspecified atom stereocenters. The highest BCUT2D eigenvalue weighted by molar-refractivity contribution is 6.30. The lowest BCUT2D eigenvalue weighted by Crippen LogP contribution is -2.26. The van der Waals surface area contributed by atoms with Crippen molar-refractivity contribution in [2.24, 2.45) is 0 Å². The minimum atomic E-state index is -0.461. The third-order valence-corrected chi connectivity index (χ3v) is 2.25. The van der Waals surface area contributed by atoms with Crippen LogP contribution in [0.5, 0.6) is 0 Å². The van der Waals surface area contributed by atoms with Crippen LogP contribution in [0.1, 0.15) is 12.5 Å². The second-order valence-electron chi connectivity index (χ2n) is 3.15. The van der Waals surface area contributed by atoms with Crippen LogP contribution in [-0.4, -0.2) is 19.2 Å². The largest absolute Gasteiger partial charge is 0.450 e. The fraction of sp³-hybridized carbons (Fsp3) is 0.364. The molecular weight excluding hydrogens is 233 g/mol. The van der Waals surface area contributed by atoms with Crippen LogP contribution in [-0.2, 0) is 11.2 Å². The van der Waals surface area contributed by atoms with Gasteiger partial charge in [0.05, 0.1) is 11.6 Å². The van der Waals surface area contributed by atoms with E-state index in [1.54, 1.807) is 13.0 Å². The van der Waals surface area contributed by atoms with Crippen LogP contribution in [0.4, 0.5) is 9.18 Å². The maximum Gasteiger partial charge on any atom is 0.407 e. The molecule has 16 heavy (non-hydrogen) atoms. The third-order valence-electron chi connectivity index (χ3n) is 1.94. The number of halogens is 2. The van der Waals surface area contributed by atoms with E-state index in [9.17, 15) is 9.18 Å². The zero-order chi connectivity index (χ0) is 12.0. The monoisotopic (exact) mass is 245 g/mol. The summed E-state index contributed by atoms with van der Waals surface area (Å²) >= 11 is 5.54. The van der Waals surface area contributed by atoms with Crippen LogP contribution in [0.15, 0.2) is 18.2 Å². The van der Waals surface area contributed by atoms with E-state index in [0.717, 1.165) is 5.56 Å². The summed E-state index contributed by atoms with van der Waals surface area (Å²) in [6.45, 7) is 2.47. The molecule has 1 amide bonds. The topological polar surface area (TPSA) is 38.3 Å². The van der Waals surface area contributed by atoms with Gasteiger partial charge in [-0.25, -0.2) is 9.18 Å². The lowest BCUT2D eigenvalue weighted by molar-refractivity contribution is 0.152. The van der Waals surface area contributed by atoms with Crippen molar-refractivity contribution in [3.05, 3.63) is 34.6 Å². The zero-order valence-corrected chi connectivity index (χ0v) is 9.68. The van der Waals surface area contributed by atoms with Gasteiger partial charge in [0, 0.05) is 6.54 Å². The van der Waals surface area contributed by atoms with Gasteiger partial charge in [-0.2, -0.15) is 0 Å². The molecule has 0 saturated carbocycles. The van der Waals surface area contributed by atoms with Gasteiger partial charge < -0.3 is 10.1 Å². The normalized spacial score (nSPS) is 9.94. The fourth-order valence-corrected chi connectivity index (χ4v) is 1.30. The molecule has 0 atom stereocenters. The third kappa shape index (κ3) is 4.06. The Kier molecular flexibility index (Phi) is 5.05. The van der Waals surface area contributed by atoms with E-state index in [-0.39, 0.29) is 5.02 Å². The average Bonchev–Trinajstić information content (AvgIpc) is 2.24. The molecule has 0 aliphatic heterocycles. The Morgan fingerprint density at radius 1 is 1.56 bits per heavy atom. The summed E-state index contributed by atoms with van der Waals surface area (Å²) in [5.41, 5.74) is 0.777. The van der Waals surface area contributed by atoms with Gasteiger partial charge in [0.15, 0.2) is 0 Å². The van der Waals surface area contributed by atoms with Crippen molar-refractivity contribution in [1.29, 1.82) is 0 Å². The first-order chi connectivity index (χ1) is 7.63. The molecule has 0 bridgehead atoms. The van der Waals surface area contributed by atoms with Crippen molar-refractivity contribution >= 4 is 17.7 Å². The molecule has 0 radical (unpaired) electrons. The fourth-order valence-electron chi connectivity index (χ4n) is 1.19. The lowest BCUT2D eigenvalue weighted by Gasteiger charge is -2.05. The van der Waals surface area contributed by atoms with Crippen LogP contribution < -0.4 is 5.32 Å². The molecule has 0 aliphatic rings. The highest BCUT2D eigenvalue weighted by atomic mass is 35.5. The summed E-state index contributed by atoms with van der Waals surface area (Å²) < 4.78 is 17.7. The van der Waals surface area contributed by atoms with E-state index >= 15 is 0 Å². The van der Waals surface area contributed by atoms with Crippen molar-refractivity contribution in [1.82, 2.24) is 5.32 Å². The smallest absolute Gasteiger partial charge is 0.407 e. The SMILES string of the molecule is CCOC(=O)NCCc1ccc(Cl)c(F)c1. The Morgan fingerprint density at radius 2 is 2.31 bits per heavy atom. The molecule has 3 nitrogen and oxygen atoms in total. The lowest BCUT2D eigenvalue weighted by atomic mass is 10.1. The maximum absolute atomic E-state index is 13.0. The molecule has 0 aromatic heterocycles. The van der Waals surface area contributed by atoms with Gasteiger partial charge >= 0.3 is 6.09 Å². The predicted octanol–water partition coefficient (Wildman–Crippen LogP) is 2.77. The van der Waals surface area contributed by atoms with E-state index < -0.39 is 11.9 Å². The van der Waals surface area contributed by atoms with Gasteiger partial charge in [-0.05, 0) is 31.0 Å². The van der Waals surface area contributed by atoms with Gasteiger partial charge in [-0.1, -0.05) is 17.7 Å². The molecule has 5 heteroatoms. The minimum absolute atomic E-state index is 0.0992. The molecule has 1 aromatic carbocycles. The Hall–Kier alpha value is -1.29. The molecule has 1 N–H and O–H groups in total. The van der Waals surface area contributed by atoms with Gasteiger partial charge in [-0.3, -0.25) is 0 Å². The van der Waals surface area contributed by atoms with Crippen molar-refractivity contribution in [2.75, 3.05) is 13.2 Å². The summed E-state index contributed by atoms with van der Waals surface area (Å²) in [5, 5.41) is 2.65. The Morgan fingerprint density at radius 3 is 2.94 bits per heavy atom. The van der Waals surface area contributed by atoms with E-state index in [0.29, 0.717) is 19.6 Å². The average molecular weight is 246 g/mol. The summed E-state index contributed by atoms with van der Waals surface area (Å²) in [6, 6.07) is 4.57. The number of hydrogen-bond acceptors (Lipinski definition) is 2. The van der Waals surface area contributed by atoms with Crippen molar-refractivity contribution < 1.29 is 13.9 Å². The zero-order valence-electron chi connectivity index (χ0n) is 8.93. The number of rotatable bonds is 4. The van der Waals surface area contributed by atoms with Crippen LogP contribution in [0.25, 0.3) is 0 Å². The molecule has 1 rings (SSSR count). The number of amides is 1. The predicted molar refractivity (Wildman–Crippen MR) is 60.1 cm³/mol. The molecule has 0 saturated heterocycles. The second-order valence-corrected chi connectivity index (χ2v) is 3.55. The molecule has 0 aliphatic carbocycles. The number of ether oxygens (including phenoxy) is 1. The van der Waals surface area contributed by atoms with Crippen LogP contribution in [0.2, 0.25) is 5.02 Å². The highest BCUT2D eigenvalue weighted by Gasteiger charge is 2.02. The second kappa shape index (κ2) is 6.33. The van der Waals surface area contributed by atoms with Crippen molar-refractivity contribution in [3.63, 3.8) is 0 Å². The molecule has 0 fully saturated rings.